The SMILES string of the molecule is Cc1ccc(NS(=O)(=O)c2ccc(C)c(C(=O)NNC(=O)Cc3ccc(F)cc3)c2)cc1. The highest BCUT2D eigenvalue weighted by Crippen LogP contribution is 2.19. The Hall–Kier alpha value is -3.72. The fraction of sp³-hybridized carbons (Fsp3) is 0.130. The van der Waals surface area contributed by atoms with Crippen LogP contribution >= 0.6 is 0 Å². The van der Waals surface area contributed by atoms with E-state index in [9.17, 15) is 22.4 Å². The Morgan fingerprint density at radius 1 is 0.875 bits per heavy atom. The van der Waals surface area contributed by atoms with Crippen LogP contribution < -0.4 is 15.6 Å². The van der Waals surface area contributed by atoms with Crippen LogP contribution in [0.1, 0.15) is 27.0 Å². The van der Waals surface area contributed by atoms with Crippen molar-refractivity contribution in [3.05, 3.63) is 94.8 Å². The highest BCUT2D eigenvalue weighted by molar-refractivity contribution is 7.92. The Kier molecular flexibility index (Phi) is 6.89. The van der Waals surface area contributed by atoms with Crippen LogP contribution in [0.25, 0.3) is 0 Å². The quantitative estimate of drug-likeness (QED) is 0.496. The minimum atomic E-state index is -3.92. The topological polar surface area (TPSA) is 104 Å². The summed E-state index contributed by atoms with van der Waals surface area (Å²) < 4.78 is 40.9. The number of halogens is 1. The minimum absolute atomic E-state index is 0.0611. The lowest BCUT2D eigenvalue weighted by molar-refractivity contribution is -0.121. The molecule has 3 aromatic carbocycles. The molecule has 166 valence electrons. The molecule has 32 heavy (non-hydrogen) atoms. The van der Waals surface area contributed by atoms with E-state index in [1.54, 1.807) is 31.2 Å². The molecule has 0 aliphatic carbocycles. The molecule has 3 N–H and O–H groups in total. The number of amides is 2. The largest absolute Gasteiger partial charge is 0.280 e. The van der Waals surface area contributed by atoms with Gasteiger partial charge in [0, 0.05) is 11.3 Å². The molecule has 3 rings (SSSR count). The number of hydrogen-bond donors (Lipinski definition) is 3. The first-order valence-corrected chi connectivity index (χ1v) is 11.2. The summed E-state index contributed by atoms with van der Waals surface area (Å²) >= 11 is 0. The summed E-state index contributed by atoms with van der Waals surface area (Å²) in [4.78, 5) is 24.5. The fourth-order valence-electron chi connectivity index (χ4n) is 2.87. The molecule has 0 spiro atoms. The average molecular weight is 456 g/mol. The fourth-order valence-corrected chi connectivity index (χ4v) is 3.96. The van der Waals surface area contributed by atoms with Gasteiger partial charge in [-0.25, -0.2) is 12.8 Å². The Bertz CT molecular complexity index is 1240. The molecule has 7 nitrogen and oxygen atoms in total. The normalized spacial score (nSPS) is 11.0. The number of carbonyl (C=O) groups is 2. The van der Waals surface area contributed by atoms with Crippen molar-refractivity contribution >= 4 is 27.5 Å². The Labute approximate surface area is 185 Å². The lowest BCUT2D eigenvalue weighted by atomic mass is 10.1. The van der Waals surface area contributed by atoms with Gasteiger partial charge in [-0.1, -0.05) is 35.9 Å². The summed E-state index contributed by atoms with van der Waals surface area (Å²) in [5.41, 5.74) is 7.15. The number of hydrogen-bond acceptors (Lipinski definition) is 4. The van der Waals surface area contributed by atoms with E-state index in [1.165, 1.54) is 42.5 Å². The molecule has 0 unspecified atom stereocenters. The Balaban J connectivity index is 1.68. The second-order valence-electron chi connectivity index (χ2n) is 7.25. The number of nitrogens with one attached hydrogen (secondary N) is 3. The zero-order valence-corrected chi connectivity index (χ0v) is 18.3. The van der Waals surface area contributed by atoms with E-state index in [4.69, 9.17) is 0 Å². The molecular weight excluding hydrogens is 433 g/mol. The van der Waals surface area contributed by atoms with Gasteiger partial charge < -0.3 is 0 Å². The maximum absolute atomic E-state index is 13.0. The molecule has 0 heterocycles. The van der Waals surface area contributed by atoms with Crippen LogP contribution in [0.5, 0.6) is 0 Å². The van der Waals surface area contributed by atoms with Crippen LogP contribution in [0.2, 0.25) is 0 Å². The average Bonchev–Trinajstić information content (AvgIpc) is 2.75. The van der Waals surface area contributed by atoms with Gasteiger partial charge in [-0.05, 0) is 61.4 Å². The maximum Gasteiger partial charge on any atom is 0.269 e. The van der Waals surface area contributed by atoms with Gasteiger partial charge in [0.1, 0.15) is 5.82 Å². The third-order valence-corrected chi connectivity index (χ3v) is 6.04. The zero-order valence-electron chi connectivity index (χ0n) is 17.5. The van der Waals surface area contributed by atoms with E-state index in [0.717, 1.165) is 5.56 Å². The van der Waals surface area contributed by atoms with E-state index < -0.39 is 27.7 Å². The lowest BCUT2D eigenvalue weighted by Gasteiger charge is -2.12. The zero-order chi connectivity index (χ0) is 23.3. The third-order valence-electron chi connectivity index (χ3n) is 4.66. The van der Waals surface area contributed by atoms with E-state index in [-0.39, 0.29) is 16.9 Å². The summed E-state index contributed by atoms with van der Waals surface area (Å²) in [6, 6.07) is 16.4. The highest BCUT2D eigenvalue weighted by Gasteiger charge is 2.19. The molecule has 0 radical (unpaired) electrons. The van der Waals surface area contributed by atoms with E-state index >= 15 is 0 Å². The van der Waals surface area contributed by atoms with Crippen molar-refractivity contribution in [3.8, 4) is 0 Å². The maximum atomic E-state index is 13.0. The molecule has 0 aliphatic rings. The smallest absolute Gasteiger partial charge is 0.269 e. The van der Waals surface area contributed by atoms with Crippen molar-refractivity contribution in [3.63, 3.8) is 0 Å². The van der Waals surface area contributed by atoms with Crippen molar-refractivity contribution in [2.24, 2.45) is 0 Å². The number of benzene rings is 3. The molecule has 0 aromatic heterocycles. The second-order valence-corrected chi connectivity index (χ2v) is 8.94. The van der Waals surface area contributed by atoms with Crippen LogP contribution in [0.15, 0.2) is 71.6 Å². The first-order chi connectivity index (χ1) is 15.1. The summed E-state index contributed by atoms with van der Waals surface area (Å²) in [6.45, 7) is 3.54. The van der Waals surface area contributed by atoms with Gasteiger partial charge in [0.2, 0.25) is 5.91 Å². The number of rotatable bonds is 6. The molecule has 0 atom stereocenters. The first kappa shape index (κ1) is 23.0. The summed E-state index contributed by atoms with van der Waals surface area (Å²) in [5.74, 6) is -1.58. The van der Waals surface area contributed by atoms with Gasteiger partial charge in [0.05, 0.1) is 11.3 Å². The van der Waals surface area contributed by atoms with Crippen molar-refractivity contribution in [1.82, 2.24) is 10.9 Å². The Morgan fingerprint density at radius 2 is 1.53 bits per heavy atom. The van der Waals surface area contributed by atoms with Crippen molar-refractivity contribution in [1.29, 1.82) is 0 Å². The number of hydrazine groups is 1. The van der Waals surface area contributed by atoms with Crippen LogP contribution in [0.3, 0.4) is 0 Å². The summed E-state index contributed by atoms with van der Waals surface area (Å²) in [7, 11) is -3.92. The third kappa shape index (κ3) is 5.92. The predicted molar refractivity (Wildman–Crippen MR) is 119 cm³/mol. The molecule has 3 aromatic rings. The number of aryl methyl sites for hydroxylation is 2. The predicted octanol–water partition coefficient (Wildman–Crippen LogP) is 3.25. The molecule has 0 saturated carbocycles. The molecule has 9 heteroatoms. The van der Waals surface area contributed by atoms with Gasteiger partial charge in [-0.3, -0.25) is 25.2 Å². The highest BCUT2D eigenvalue weighted by atomic mass is 32.2. The standard InChI is InChI=1S/C23H22FN3O4S/c1-15-3-10-19(11-4-15)27-32(30,31)20-12-5-16(2)21(14-20)23(29)26-25-22(28)13-17-6-8-18(24)9-7-17/h3-12,14,27H,13H2,1-2H3,(H,25,28)(H,26,29). The van der Waals surface area contributed by atoms with Gasteiger partial charge in [0.15, 0.2) is 0 Å². The van der Waals surface area contributed by atoms with Gasteiger partial charge >= 0.3 is 0 Å². The van der Waals surface area contributed by atoms with Gasteiger partial charge in [0.25, 0.3) is 15.9 Å². The lowest BCUT2D eigenvalue weighted by Crippen LogP contribution is -2.42. The molecular formula is C23H22FN3O4S. The molecule has 0 bridgehead atoms. The number of carbonyl (C=O) groups excluding carboxylic acids is 2. The Morgan fingerprint density at radius 3 is 2.19 bits per heavy atom. The van der Waals surface area contributed by atoms with Crippen LogP contribution in [0, 0.1) is 19.7 Å². The number of anilines is 1. The van der Waals surface area contributed by atoms with E-state index in [2.05, 4.69) is 15.6 Å². The second kappa shape index (κ2) is 9.61. The molecule has 0 saturated heterocycles. The van der Waals surface area contributed by atoms with Crippen molar-refractivity contribution in [2.45, 2.75) is 25.2 Å². The van der Waals surface area contributed by atoms with Gasteiger partial charge in [-0.15, -0.1) is 0 Å². The number of sulfonamides is 1. The van der Waals surface area contributed by atoms with E-state index in [1.807, 2.05) is 6.92 Å². The van der Waals surface area contributed by atoms with E-state index in [0.29, 0.717) is 16.8 Å². The molecule has 0 aliphatic heterocycles. The monoisotopic (exact) mass is 455 g/mol. The summed E-state index contributed by atoms with van der Waals surface area (Å²) in [5, 5.41) is 0. The first-order valence-electron chi connectivity index (χ1n) is 9.68. The molecule has 2 amide bonds. The molecule has 0 fully saturated rings. The van der Waals surface area contributed by atoms with Crippen molar-refractivity contribution in [2.75, 3.05) is 4.72 Å². The van der Waals surface area contributed by atoms with Crippen molar-refractivity contribution < 1.29 is 22.4 Å². The van der Waals surface area contributed by atoms with Crippen LogP contribution in [-0.2, 0) is 21.2 Å². The minimum Gasteiger partial charge on any atom is -0.280 e. The van der Waals surface area contributed by atoms with Gasteiger partial charge in [-0.2, -0.15) is 0 Å². The summed E-state index contributed by atoms with van der Waals surface area (Å²) in [6.07, 6.45) is -0.0611. The van der Waals surface area contributed by atoms with Crippen LogP contribution in [-0.4, -0.2) is 20.2 Å². The van der Waals surface area contributed by atoms with Crippen LogP contribution in [0.4, 0.5) is 10.1 Å².